The normalized spacial score (nSPS) is 17.4. The first-order valence-corrected chi connectivity index (χ1v) is 9.26. The zero-order valence-electron chi connectivity index (χ0n) is 14.1. The Bertz CT molecular complexity index is 774. The van der Waals surface area contributed by atoms with Crippen LogP contribution in [0, 0.1) is 5.92 Å². The maximum absolute atomic E-state index is 12.2. The van der Waals surface area contributed by atoms with Crippen LogP contribution in [0.25, 0.3) is 0 Å². The number of hydrogen-bond donors (Lipinski definition) is 2. The van der Waals surface area contributed by atoms with Gasteiger partial charge < -0.3 is 10.6 Å². The van der Waals surface area contributed by atoms with Gasteiger partial charge in [0.05, 0.1) is 6.04 Å². The summed E-state index contributed by atoms with van der Waals surface area (Å²) in [7, 11) is 0. The fourth-order valence-corrected chi connectivity index (χ4v) is 3.36. The van der Waals surface area contributed by atoms with Gasteiger partial charge in [0.2, 0.25) is 11.8 Å². The van der Waals surface area contributed by atoms with E-state index < -0.39 is 0 Å². The van der Waals surface area contributed by atoms with Crippen molar-refractivity contribution in [2.24, 2.45) is 5.92 Å². The van der Waals surface area contributed by atoms with E-state index in [1.54, 1.807) is 0 Å². The highest BCUT2D eigenvalue weighted by Gasteiger charge is 2.26. The molecule has 2 unspecified atom stereocenters. The lowest BCUT2D eigenvalue weighted by Gasteiger charge is -2.24. The number of rotatable bonds is 5. The fraction of sp³-hybridized carbons (Fsp3) is 0.300. The molecule has 4 nitrogen and oxygen atoms in total. The molecule has 0 saturated heterocycles. The number of nitrogens with one attached hydrogen (secondary N) is 2. The van der Waals surface area contributed by atoms with Gasteiger partial charge in [-0.3, -0.25) is 9.59 Å². The van der Waals surface area contributed by atoms with Crippen molar-refractivity contribution < 1.29 is 9.59 Å². The summed E-state index contributed by atoms with van der Waals surface area (Å²) < 4.78 is 1.01. The smallest absolute Gasteiger partial charge is 0.227 e. The SMILES string of the molecule is CC(NC(=O)CCC1Cc2ccccc2NC1=O)c1ccc(Br)cc1. The Kier molecular flexibility index (Phi) is 5.53. The molecule has 2 amide bonds. The molecule has 130 valence electrons. The molecule has 2 aromatic carbocycles. The summed E-state index contributed by atoms with van der Waals surface area (Å²) in [5.74, 6) is -0.168. The summed E-state index contributed by atoms with van der Waals surface area (Å²) in [6.07, 6.45) is 1.59. The van der Waals surface area contributed by atoms with E-state index in [1.807, 2.05) is 55.5 Å². The maximum Gasteiger partial charge on any atom is 0.227 e. The molecule has 0 radical (unpaired) electrons. The Balaban J connectivity index is 1.52. The van der Waals surface area contributed by atoms with Gasteiger partial charge in [-0.2, -0.15) is 0 Å². The molecule has 0 spiro atoms. The van der Waals surface area contributed by atoms with Crippen LogP contribution in [0.5, 0.6) is 0 Å². The molecule has 0 aliphatic carbocycles. The fourth-order valence-electron chi connectivity index (χ4n) is 3.10. The first kappa shape index (κ1) is 17.7. The van der Waals surface area contributed by atoms with E-state index in [4.69, 9.17) is 0 Å². The van der Waals surface area contributed by atoms with E-state index in [0.717, 1.165) is 21.3 Å². The van der Waals surface area contributed by atoms with Gasteiger partial charge in [-0.05, 0) is 49.1 Å². The number of amides is 2. The topological polar surface area (TPSA) is 58.2 Å². The van der Waals surface area contributed by atoms with Gasteiger partial charge in [-0.25, -0.2) is 0 Å². The number of benzene rings is 2. The van der Waals surface area contributed by atoms with Crippen molar-refractivity contribution in [3.63, 3.8) is 0 Å². The molecule has 1 heterocycles. The van der Waals surface area contributed by atoms with Gasteiger partial charge >= 0.3 is 0 Å². The van der Waals surface area contributed by atoms with Crippen LogP contribution < -0.4 is 10.6 Å². The van der Waals surface area contributed by atoms with Crippen LogP contribution in [0.4, 0.5) is 5.69 Å². The van der Waals surface area contributed by atoms with E-state index in [2.05, 4.69) is 26.6 Å². The zero-order chi connectivity index (χ0) is 17.8. The average Bonchev–Trinajstić information content (AvgIpc) is 2.60. The molecule has 5 heteroatoms. The number of halogens is 1. The number of anilines is 1. The Morgan fingerprint density at radius 3 is 2.72 bits per heavy atom. The van der Waals surface area contributed by atoms with Crippen molar-refractivity contribution in [3.05, 3.63) is 64.1 Å². The van der Waals surface area contributed by atoms with E-state index in [-0.39, 0.29) is 23.8 Å². The molecule has 2 atom stereocenters. The van der Waals surface area contributed by atoms with Crippen LogP contribution >= 0.6 is 15.9 Å². The highest BCUT2D eigenvalue weighted by atomic mass is 79.9. The van der Waals surface area contributed by atoms with Crippen molar-refractivity contribution in [1.29, 1.82) is 0 Å². The second-order valence-electron chi connectivity index (χ2n) is 6.43. The summed E-state index contributed by atoms with van der Waals surface area (Å²) >= 11 is 3.41. The molecule has 0 aromatic heterocycles. The third-order valence-corrected chi connectivity index (χ3v) is 5.11. The number of fused-ring (bicyclic) bond motifs is 1. The van der Waals surface area contributed by atoms with Gasteiger partial charge in [-0.15, -0.1) is 0 Å². The van der Waals surface area contributed by atoms with E-state index >= 15 is 0 Å². The van der Waals surface area contributed by atoms with Crippen LogP contribution in [-0.4, -0.2) is 11.8 Å². The van der Waals surface area contributed by atoms with Crippen LogP contribution in [0.2, 0.25) is 0 Å². The Morgan fingerprint density at radius 1 is 1.24 bits per heavy atom. The summed E-state index contributed by atoms with van der Waals surface area (Å²) in [6.45, 7) is 1.96. The van der Waals surface area contributed by atoms with Crippen molar-refractivity contribution in [2.75, 3.05) is 5.32 Å². The minimum Gasteiger partial charge on any atom is -0.350 e. The largest absolute Gasteiger partial charge is 0.350 e. The molecular formula is C20H21BrN2O2. The lowest BCUT2D eigenvalue weighted by Crippen LogP contribution is -2.32. The zero-order valence-corrected chi connectivity index (χ0v) is 15.7. The molecule has 0 bridgehead atoms. The summed E-state index contributed by atoms with van der Waals surface area (Å²) in [5.41, 5.74) is 3.08. The third kappa shape index (κ3) is 4.48. The van der Waals surface area contributed by atoms with Crippen molar-refractivity contribution in [3.8, 4) is 0 Å². The van der Waals surface area contributed by atoms with Crippen LogP contribution in [0.3, 0.4) is 0 Å². The summed E-state index contributed by atoms with van der Waals surface area (Å²) in [6, 6.07) is 15.7. The van der Waals surface area contributed by atoms with Crippen molar-refractivity contribution in [1.82, 2.24) is 5.32 Å². The van der Waals surface area contributed by atoms with Gasteiger partial charge in [0.25, 0.3) is 0 Å². The molecule has 3 rings (SSSR count). The Hall–Kier alpha value is -2.14. The van der Waals surface area contributed by atoms with Crippen molar-refractivity contribution in [2.45, 2.75) is 32.2 Å². The summed E-state index contributed by atoms with van der Waals surface area (Å²) in [5, 5.41) is 5.93. The average molecular weight is 401 g/mol. The quantitative estimate of drug-likeness (QED) is 0.789. The third-order valence-electron chi connectivity index (χ3n) is 4.58. The molecule has 1 aliphatic heterocycles. The number of carbonyl (C=O) groups is 2. The predicted octanol–water partition coefficient (Wildman–Crippen LogP) is 4.22. The highest BCUT2D eigenvalue weighted by molar-refractivity contribution is 9.10. The molecule has 25 heavy (non-hydrogen) atoms. The Labute approximate surface area is 156 Å². The number of carbonyl (C=O) groups excluding carboxylic acids is 2. The highest BCUT2D eigenvalue weighted by Crippen LogP contribution is 2.27. The lowest BCUT2D eigenvalue weighted by atomic mass is 9.89. The molecule has 0 fully saturated rings. The molecule has 0 saturated carbocycles. The van der Waals surface area contributed by atoms with E-state index in [0.29, 0.717) is 19.3 Å². The molecule has 1 aliphatic rings. The maximum atomic E-state index is 12.2. The minimum atomic E-state index is -0.149. The Morgan fingerprint density at radius 2 is 1.96 bits per heavy atom. The number of para-hydroxylation sites is 1. The van der Waals surface area contributed by atoms with Crippen LogP contribution in [0.1, 0.15) is 36.9 Å². The molecule has 2 N–H and O–H groups in total. The standard InChI is InChI=1S/C20H21BrN2O2/c1-13(14-6-9-17(21)10-7-14)22-19(24)11-8-16-12-15-4-2-3-5-18(15)23-20(16)25/h2-7,9-10,13,16H,8,11-12H2,1H3,(H,22,24)(H,23,25). The van der Waals surface area contributed by atoms with Crippen molar-refractivity contribution >= 4 is 33.4 Å². The monoisotopic (exact) mass is 400 g/mol. The first-order chi connectivity index (χ1) is 12.0. The van der Waals surface area contributed by atoms with Crippen LogP contribution in [-0.2, 0) is 16.0 Å². The lowest BCUT2D eigenvalue weighted by molar-refractivity contribution is -0.123. The van der Waals surface area contributed by atoms with Gasteiger partial charge in [0.15, 0.2) is 0 Å². The minimum absolute atomic E-state index is 0.00691. The first-order valence-electron chi connectivity index (χ1n) is 8.46. The van der Waals surface area contributed by atoms with Crippen LogP contribution in [0.15, 0.2) is 53.0 Å². The predicted molar refractivity (Wildman–Crippen MR) is 102 cm³/mol. The molecular weight excluding hydrogens is 380 g/mol. The van der Waals surface area contributed by atoms with Gasteiger partial charge in [-0.1, -0.05) is 46.3 Å². The van der Waals surface area contributed by atoms with E-state index in [9.17, 15) is 9.59 Å². The molecule has 2 aromatic rings. The number of hydrogen-bond acceptors (Lipinski definition) is 2. The second-order valence-corrected chi connectivity index (χ2v) is 7.34. The van der Waals surface area contributed by atoms with Gasteiger partial charge in [0.1, 0.15) is 0 Å². The summed E-state index contributed by atoms with van der Waals surface area (Å²) in [4.78, 5) is 24.4. The van der Waals surface area contributed by atoms with E-state index in [1.165, 1.54) is 0 Å². The van der Waals surface area contributed by atoms with Gasteiger partial charge in [0, 0.05) is 22.5 Å². The second kappa shape index (κ2) is 7.83.